The molecule has 6 nitrogen and oxygen atoms in total. The number of ether oxygens (including phenoxy) is 1. The van der Waals surface area contributed by atoms with Gasteiger partial charge >= 0.3 is 5.97 Å². The van der Waals surface area contributed by atoms with Gasteiger partial charge in [0.2, 0.25) is 0 Å². The number of esters is 1. The van der Waals surface area contributed by atoms with E-state index in [9.17, 15) is 14.4 Å². The number of nitrogens with zero attached hydrogens (tertiary/aromatic N) is 1. The quantitative estimate of drug-likeness (QED) is 0.402. The second kappa shape index (κ2) is 11.1. The minimum Gasteiger partial charge on any atom is -0.459 e. The van der Waals surface area contributed by atoms with Crippen molar-refractivity contribution >= 4 is 34.1 Å². The Morgan fingerprint density at radius 3 is 2.09 bits per heavy atom. The molecule has 0 aliphatic rings. The average Bonchev–Trinajstić information content (AvgIpc) is 3.15. The molecule has 0 saturated heterocycles. The van der Waals surface area contributed by atoms with Crippen LogP contribution in [0, 0.1) is 6.92 Å². The van der Waals surface area contributed by atoms with Gasteiger partial charge < -0.3 is 15.0 Å². The van der Waals surface area contributed by atoms with E-state index in [0.717, 1.165) is 22.5 Å². The Morgan fingerprint density at radius 1 is 0.941 bits per heavy atom. The van der Waals surface area contributed by atoms with Crippen molar-refractivity contribution in [1.82, 2.24) is 4.90 Å². The van der Waals surface area contributed by atoms with Crippen LogP contribution in [0.3, 0.4) is 0 Å². The summed E-state index contributed by atoms with van der Waals surface area (Å²) in [7, 11) is 0. The van der Waals surface area contributed by atoms with Gasteiger partial charge in [0.1, 0.15) is 5.00 Å². The predicted octanol–water partition coefficient (Wildman–Crippen LogP) is 6.02. The largest absolute Gasteiger partial charge is 0.459 e. The molecule has 0 fully saturated rings. The van der Waals surface area contributed by atoms with Crippen LogP contribution in [0.15, 0.2) is 54.6 Å². The molecule has 0 radical (unpaired) electrons. The molecular formula is C27H30N2O4S. The van der Waals surface area contributed by atoms with E-state index in [2.05, 4.69) is 5.32 Å². The Bertz CT molecular complexity index is 1160. The molecule has 2 amide bonds. The third-order valence-corrected chi connectivity index (χ3v) is 6.62. The Hall–Kier alpha value is -3.45. The van der Waals surface area contributed by atoms with Crippen molar-refractivity contribution in [1.29, 1.82) is 0 Å². The number of thiophene rings is 1. The first kappa shape index (κ1) is 25.2. The zero-order valence-corrected chi connectivity index (χ0v) is 21.0. The highest BCUT2D eigenvalue weighted by atomic mass is 32.1. The Balaban J connectivity index is 1.92. The van der Waals surface area contributed by atoms with Gasteiger partial charge in [0, 0.05) is 18.7 Å². The van der Waals surface area contributed by atoms with Crippen LogP contribution in [0.4, 0.5) is 5.00 Å². The lowest BCUT2D eigenvalue weighted by Gasteiger charge is -2.18. The number of hydrogen-bond donors (Lipinski definition) is 1. The number of rotatable bonds is 8. The summed E-state index contributed by atoms with van der Waals surface area (Å²) in [6.07, 6.45) is -0.331. The number of benzene rings is 2. The zero-order chi connectivity index (χ0) is 24.8. The Morgan fingerprint density at radius 2 is 1.53 bits per heavy atom. The SMILES string of the molecule is CCN(CC)C(=O)c1sc(NC(=O)c2ccc(-c3ccccc3)cc2)c(C(=O)OC(C)C)c1C. The minimum absolute atomic E-state index is 0.168. The molecule has 3 aromatic rings. The van der Waals surface area contributed by atoms with E-state index in [0.29, 0.717) is 34.1 Å². The van der Waals surface area contributed by atoms with Crippen molar-refractivity contribution in [2.45, 2.75) is 40.7 Å². The van der Waals surface area contributed by atoms with Gasteiger partial charge in [0.15, 0.2) is 0 Å². The van der Waals surface area contributed by atoms with E-state index < -0.39 is 5.97 Å². The smallest absolute Gasteiger partial charge is 0.341 e. The van der Waals surface area contributed by atoms with Crippen molar-refractivity contribution in [2.24, 2.45) is 0 Å². The first-order valence-corrected chi connectivity index (χ1v) is 12.2. The lowest BCUT2D eigenvalue weighted by Crippen LogP contribution is -2.30. The molecule has 0 bridgehead atoms. The van der Waals surface area contributed by atoms with E-state index in [1.54, 1.807) is 37.8 Å². The normalized spacial score (nSPS) is 10.8. The van der Waals surface area contributed by atoms with E-state index in [1.165, 1.54) is 0 Å². The number of nitrogens with one attached hydrogen (secondary N) is 1. The molecule has 2 aromatic carbocycles. The minimum atomic E-state index is -0.558. The molecule has 1 N–H and O–H groups in total. The summed E-state index contributed by atoms with van der Waals surface area (Å²) in [4.78, 5) is 41.1. The van der Waals surface area contributed by atoms with E-state index >= 15 is 0 Å². The van der Waals surface area contributed by atoms with Crippen molar-refractivity contribution in [3.63, 3.8) is 0 Å². The molecule has 0 aliphatic heterocycles. The highest BCUT2D eigenvalue weighted by Crippen LogP contribution is 2.35. The Labute approximate surface area is 204 Å². The molecule has 0 saturated carbocycles. The predicted molar refractivity (Wildman–Crippen MR) is 137 cm³/mol. The second-order valence-corrected chi connectivity index (χ2v) is 9.11. The van der Waals surface area contributed by atoms with Crippen molar-refractivity contribution in [2.75, 3.05) is 18.4 Å². The average molecular weight is 479 g/mol. The molecule has 1 aromatic heterocycles. The molecule has 0 spiro atoms. The monoisotopic (exact) mass is 478 g/mol. The number of carbonyl (C=O) groups excluding carboxylic acids is 3. The van der Waals surface area contributed by atoms with Gasteiger partial charge in [-0.05, 0) is 63.4 Å². The second-order valence-electron chi connectivity index (χ2n) is 8.09. The zero-order valence-electron chi connectivity index (χ0n) is 20.2. The first-order valence-electron chi connectivity index (χ1n) is 11.4. The fraction of sp³-hybridized carbons (Fsp3) is 0.296. The van der Waals surface area contributed by atoms with Gasteiger partial charge in [-0.2, -0.15) is 0 Å². The van der Waals surface area contributed by atoms with Crippen LogP contribution in [0.2, 0.25) is 0 Å². The van der Waals surface area contributed by atoms with Gasteiger partial charge in [-0.25, -0.2) is 4.79 Å². The van der Waals surface area contributed by atoms with Crippen LogP contribution in [-0.2, 0) is 4.74 Å². The maximum absolute atomic E-state index is 13.0. The maximum Gasteiger partial charge on any atom is 0.341 e. The summed E-state index contributed by atoms with van der Waals surface area (Å²) < 4.78 is 5.41. The molecule has 0 unspecified atom stereocenters. The van der Waals surface area contributed by atoms with Crippen molar-refractivity contribution < 1.29 is 19.1 Å². The molecule has 7 heteroatoms. The maximum atomic E-state index is 13.0. The van der Waals surface area contributed by atoms with Crippen molar-refractivity contribution in [3.05, 3.63) is 76.2 Å². The van der Waals surface area contributed by atoms with E-state index in [-0.39, 0.29) is 23.5 Å². The number of hydrogen-bond acceptors (Lipinski definition) is 5. The van der Waals surface area contributed by atoms with E-state index in [1.807, 2.05) is 56.3 Å². The molecule has 34 heavy (non-hydrogen) atoms. The molecule has 3 rings (SSSR count). The molecule has 0 atom stereocenters. The van der Waals surface area contributed by atoms with Crippen molar-refractivity contribution in [3.8, 4) is 11.1 Å². The molecule has 0 aliphatic carbocycles. The third-order valence-electron chi connectivity index (χ3n) is 5.42. The Kier molecular flexibility index (Phi) is 8.23. The number of anilines is 1. The van der Waals surface area contributed by atoms with Gasteiger partial charge in [-0.3, -0.25) is 9.59 Å². The van der Waals surface area contributed by atoms with Crippen LogP contribution in [0.1, 0.15) is 63.6 Å². The van der Waals surface area contributed by atoms with Gasteiger partial charge in [-0.15, -0.1) is 11.3 Å². The first-order chi connectivity index (χ1) is 16.3. The number of carbonyl (C=O) groups is 3. The third kappa shape index (κ3) is 5.54. The lowest BCUT2D eigenvalue weighted by atomic mass is 10.0. The summed E-state index contributed by atoms with van der Waals surface area (Å²) in [6, 6.07) is 17.1. The number of amides is 2. The standard InChI is InChI=1S/C27H30N2O4S/c1-6-29(7-2)26(31)23-18(5)22(27(32)33-17(3)4)25(34-23)28-24(30)21-15-13-20(14-16-21)19-11-9-8-10-12-19/h8-17H,6-7H2,1-5H3,(H,28,30). The van der Waals surface area contributed by atoms with Gasteiger partial charge in [0.25, 0.3) is 11.8 Å². The molecular weight excluding hydrogens is 448 g/mol. The summed E-state index contributed by atoms with van der Waals surface area (Å²) in [5.74, 6) is -1.09. The summed E-state index contributed by atoms with van der Waals surface area (Å²) in [5.41, 5.74) is 3.25. The topological polar surface area (TPSA) is 75.7 Å². The summed E-state index contributed by atoms with van der Waals surface area (Å²) in [5, 5.41) is 3.15. The molecule has 1 heterocycles. The van der Waals surface area contributed by atoms with Crippen LogP contribution in [0.5, 0.6) is 0 Å². The summed E-state index contributed by atoms with van der Waals surface area (Å²) in [6.45, 7) is 10.1. The molecule has 178 valence electrons. The highest BCUT2D eigenvalue weighted by Gasteiger charge is 2.29. The highest BCUT2D eigenvalue weighted by molar-refractivity contribution is 7.18. The summed E-state index contributed by atoms with van der Waals surface area (Å²) >= 11 is 1.11. The van der Waals surface area contributed by atoms with Crippen LogP contribution in [-0.4, -0.2) is 41.9 Å². The van der Waals surface area contributed by atoms with Gasteiger partial charge in [0.05, 0.1) is 16.5 Å². The van der Waals surface area contributed by atoms with Gasteiger partial charge in [-0.1, -0.05) is 42.5 Å². The van der Waals surface area contributed by atoms with Crippen LogP contribution < -0.4 is 5.32 Å². The lowest BCUT2D eigenvalue weighted by molar-refractivity contribution is 0.0379. The van der Waals surface area contributed by atoms with E-state index in [4.69, 9.17) is 4.74 Å². The van der Waals surface area contributed by atoms with Crippen LogP contribution >= 0.6 is 11.3 Å². The van der Waals surface area contributed by atoms with Crippen LogP contribution in [0.25, 0.3) is 11.1 Å². The fourth-order valence-electron chi connectivity index (χ4n) is 3.60. The fourth-order valence-corrected chi connectivity index (χ4v) is 4.76.